The van der Waals surface area contributed by atoms with Crippen LogP contribution >= 0.6 is 0 Å². The fraction of sp³-hybridized carbons (Fsp3) is 0.400. The van der Waals surface area contributed by atoms with Gasteiger partial charge in [-0.05, 0) is 13.0 Å². The SMILES string of the molecule is CN(CCCN)c1cc(F)cc(F)c1[N+](=O)[O-]. The van der Waals surface area contributed by atoms with E-state index in [4.69, 9.17) is 5.73 Å². The number of anilines is 1. The highest BCUT2D eigenvalue weighted by molar-refractivity contribution is 5.63. The van der Waals surface area contributed by atoms with Gasteiger partial charge in [0.2, 0.25) is 5.82 Å². The van der Waals surface area contributed by atoms with Gasteiger partial charge in [0.05, 0.1) is 4.92 Å². The summed E-state index contributed by atoms with van der Waals surface area (Å²) in [7, 11) is 1.52. The molecular weight excluding hydrogens is 232 g/mol. The standard InChI is InChI=1S/C10H13F2N3O2/c1-14(4-2-3-13)9-6-7(11)5-8(12)10(9)15(16)17/h5-6H,2-4,13H2,1H3. The molecule has 0 atom stereocenters. The van der Waals surface area contributed by atoms with Gasteiger partial charge >= 0.3 is 5.69 Å². The number of nitrogens with zero attached hydrogens (tertiary/aromatic N) is 2. The molecule has 0 spiro atoms. The van der Waals surface area contributed by atoms with Crippen LogP contribution < -0.4 is 10.6 Å². The molecule has 0 aliphatic rings. The van der Waals surface area contributed by atoms with Crippen LogP contribution in [-0.2, 0) is 0 Å². The molecule has 0 fully saturated rings. The fourth-order valence-electron chi connectivity index (χ4n) is 1.47. The molecule has 1 aromatic rings. The van der Waals surface area contributed by atoms with Crippen LogP contribution in [0.3, 0.4) is 0 Å². The minimum Gasteiger partial charge on any atom is -0.369 e. The zero-order valence-electron chi connectivity index (χ0n) is 9.32. The lowest BCUT2D eigenvalue weighted by molar-refractivity contribution is -0.386. The number of nitro groups is 1. The number of nitro benzene ring substituents is 1. The molecule has 0 unspecified atom stereocenters. The molecular formula is C10H13F2N3O2. The van der Waals surface area contributed by atoms with Gasteiger partial charge in [-0.2, -0.15) is 4.39 Å². The summed E-state index contributed by atoms with van der Waals surface area (Å²) in [4.78, 5) is 11.3. The second-order valence-corrected chi connectivity index (χ2v) is 3.58. The van der Waals surface area contributed by atoms with Crippen LogP contribution in [0.15, 0.2) is 12.1 Å². The van der Waals surface area contributed by atoms with Crippen molar-refractivity contribution in [2.75, 3.05) is 25.0 Å². The van der Waals surface area contributed by atoms with Gasteiger partial charge in [-0.3, -0.25) is 10.1 Å². The van der Waals surface area contributed by atoms with Crippen molar-refractivity contribution in [3.8, 4) is 0 Å². The third-order valence-corrected chi connectivity index (χ3v) is 2.30. The molecule has 1 aromatic carbocycles. The Morgan fingerprint density at radius 1 is 1.47 bits per heavy atom. The second-order valence-electron chi connectivity index (χ2n) is 3.58. The molecule has 0 heterocycles. The predicted molar refractivity (Wildman–Crippen MR) is 60.0 cm³/mol. The first-order valence-corrected chi connectivity index (χ1v) is 5.02. The Kier molecular flexibility index (Phi) is 4.33. The maximum Gasteiger partial charge on any atom is 0.328 e. The molecule has 5 nitrogen and oxygen atoms in total. The summed E-state index contributed by atoms with van der Waals surface area (Å²) >= 11 is 0. The minimum atomic E-state index is -1.18. The first kappa shape index (κ1) is 13.3. The minimum absolute atomic E-state index is 0.0825. The van der Waals surface area contributed by atoms with Crippen molar-refractivity contribution in [3.63, 3.8) is 0 Å². The molecule has 0 aliphatic heterocycles. The monoisotopic (exact) mass is 245 g/mol. The Morgan fingerprint density at radius 2 is 2.12 bits per heavy atom. The van der Waals surface area contributed by atoms with Crippen molar-refractivity contribution < 1.29 is 13.7 Å². The third-order valence-electron chi connectivity index (χ3n) is 2.30. The van der Waals surface area contributed by atoms with Crippen molar-refractivity contribution in [1.29, 1.82) is 0 Å². The van der Waals surface area contributed by atoms with Crippen LogP contribution in [0.4, 0.5) is 20.2 Å². The lowest BCUT2D eigenvalue weighted by atomic mass is 10.2. The Labute approximate surface area is 97.0 Å². The van der Waals surface area contributed by atoms with E-state index in [1.807, 2.05) is 0 Å². The first-order valence-electron chi connectivity index (χ1n) is 5.02. The van der Waals surface area contributed by atoms with E-state index < -0.39 is 22.2 Å². The van der Waals surface area contributed by atoms with E-state index in [9.17, 15) is 18.9 Å². The Hall–Kier alpha value is -1.76. The smallest absolute Gasteiger partial charge is 0.328 e. The van der Waals surface area contributed by atoms with Crippen LogP contribution in [0.1, 0.15) is 6.42 Å². The van der Waals surface area contributed by atoms with Crippen LogP contribution in [-0.4, -0.2) is 25.1 Å². The van der Waals surface area contributed by atoms with E-state index in [1.54, 1.807) is 0 Å². The highest BCUT2D eigenvalue weighted by Gasteiger charge is 2.24. The zero-order valence-corrected chi connectivity index (χ0v) is 9.32. The fourth-order valence-corrected chi connectivity index (χ4v) is 1.47. The van der Waals surface area contributed by atoms with Crippen LogP contribution in [0.25, 0.3) is 0 Å². The van der Waals surface area contributed by atoms with E-state index in [0.717, 1.165) is 6.07 Å². The molecule has 0 radical (unpaired) electrons. The maximum absolute atomic E-state index is 13.3. The van der Waals surface area contributed by atoms with Crippen molar-refractivity contribution in [2.24, 2.45) is 5.73 Å². The average molecular weight is 245 g/mol. The van der Waals surface area contributed by atoms with Crippen molar-refractivity contribution in [2.45, 2.75) is 6.42 Å². The molecule has 0 amide bonds. The van der Waals surface area contributed by atoms with Gasteiger partial charge in [-0.15, -0.1) is 0 Å². The van der Waals surface area contributed by atoms with E-state index in [-0.39, 0.29) is 5.69 Å². The van der Waals surface area contributed by atoms with Gasteiger partial charge < -0.3 is 10.6 Å². The summed E-state index contributed by atoms with van der Waals surface area (Å²) in [5, 5.41) is 10.7. The largest absolute Gasteiger partial charge is 0.369 e. The van der Waals surface area contributed by atoms with Crippen molar-refractivity contribution >= 4 is 11.4 Å². The number of hydrogen-bond acceptors (Lipinski definition) is 4. The molecule has 94 valence electrons. The molecule has 2 N–H and O–H groups in total. The highest BCUT2D eigenvalue weighted by atomic mass is 19.1. The zero-order chi connectivity index (χ0) is 13.0. The highest BCUT2D eigenvalue weighted by Crippen LogP contribution is 2.31. The molecule has 0 bridgehead atoms. The number of halogens is 2. The van der Waals surface area contributed by atoms with Gasteiger partial charge in [-0.25, -0.2) is 4.39 Å². The van der Waals surface area contributed by atoms with Gasteiger partial charge in [0.15, 0.2) is 0 Å². The number of rotatable bonds is 5. The van der Waals surface area contributed by atoms with Crippen molar-refractivity contribution in [3.05, 3.63) is 33.9 Å². The number of hydrogen-bond donors (Lipinski definition) is 1. The Bertz CT molecular complexity index is 426. The molecule has 0 aliphatic carbocycles. The summed E-state index contributed by atoms with van der Waals surface area (Å²) in [6.07, 6.45) is 0.575. The van der Waals surface area contributed by atoms with E-state index in [0.29, 0.717) is 25.6 Å². The average Bonchev–Trinajstić information content (AvgIpc) is 2.23. The van der Waals surface area contributed by atoms with Gasteiger partial charge in [0.25, 0.3) is 0 Å². The lowest BCUT2D eigenvalue weighted by Gasteiger charge is -2.18. The van der Waals surface area contributed by atoms with E-state index in [1.165, 1.54) is 11.9 Å². The molecule has 1 rings (SSSR count). The molecule has 17 heavy (non-hydrogen) atoms. The summed E-state index contributed by atoms with van der Waals surface area (Å²) in [6.45, 7) is 0.788. The summed E-state index contributed by atoms with van der Waals surface area (Å²) < 4.78 is 26.4. The topological polar surface area (TPSA) is 72.4 Å². The maximum atomic E-state index is 13.3. The summed E-state index contributed by atoms with van der Waals surface area (Å²) in [5.74, 6) is -2.02. The molecule has 0 saturated heterocycles. The second kappa shape index (κ2) is 5.53. The van der Waals surface area contributed by atoms with Crippen LogP contribution in [0.2, 0.25) is 0 Å². The van der Waals surface area contributed by atoms with Gasteiger partial charge in [0.1, 0.15) is 11.5 Å². The van der Waals surface area contributed by atoms with Crippen LogP contribution in [0, 0.1) is 21.7 Å². The van der Waals surface area contributed by atoms with E-state index >= 15 is 0 Å². The summed E-state index contributed by atoms with van der Waals surface area (Å²) in [5.41, 5.74) is 4.50. The van der Waals surface area contributed by atoms with Gasteiger partial charge in [0, 0.05) is 25.7 Å². The van der Waals surface area contributed by atoms with E-state index in [2.05, 4.69) is 0 Å². The normalized spacial score (nSPS) is 10.4. The van der Waals surface area contributed by atoms with Crippen molar-refractivity contribution in [1.82, 2.24) is 0 Å². The van der Waals surface area contributed by atoms with Crippen LogP contribution in [0.5, 0.6) is 0 Å². The number of nitrogens with two attached hydrogens (primary N) is 1. The molecule has 0 aromatic heterocycles. The quantitative estimate of drug-likeness (QED) is 0.632. The third kappa shape index (κ3) is 3.10. The Balaban J connectivity index is 3.15. The van der Waals surface area contributed by atoms with Gasteiger partial charge in [-0.1, -0.05) is 0 Å². The first-order chi connectivity index (χ1) is 7.97. The molecule has 7 heteroatoms. The Morgan fingerprint density at radius 3 is 2.65 bits per heavy atom. The summed E-state index contributed by atoms with van der Waals surface area (Å²) in [6, 6.07) is 1.44. The lowest BCUT2D eigenvalue weighted by Crippen LogP contribution is -2.22. The predicted octanol–water partition coefficient (Wildman–Crippen LogP) is 1.66. The molecule has 0 saturated carbocycles. The number of benzene rings is 1.